The minimum Gasteiger partial charge on any atom is -0.391 e. The van der Waals surface area contributed by atoms with Crippen molar-refractivity contribution in [2.75, 3.05) is 39.3 Å². The first-order chi connectivity index (χ1) is 12.4. The number of β-amino-alcohol motifs (C(OH)–C–C–N with tert-alkyl or cyclic N) is 1. The fourth-order valence-corrected chi connectivity index (χ4v) is 4.46. The highest BCUT2D eigenvalue weighted by Gasteiger charge is 2.30. The molecule has 2 amide bonds. The Morgan fingerprint density at radius 3 is 2.78 bits per heavy atom. The molecule has 0 spiro atoms. The molecule has 11 heteroatoms. The largest absolute Gasteiger partial charge is 0.391 e. The standard InChI is InChI=1S/C16H22N4O5S.ClH/c21-14-9-17-7-12(14)8-19-16(23)11-2-1-3-13(6-11)26(24,25)20-5-4-18-15(22)10-20;/h1-3,6,12,14,17,21H,4-5,7-10H2,(H,18,22)(H,19,23);1H. The van der Waals surface area contributed by atoms with Gasteiger partial charge in [0.2, 0.25) is 15.9 Å². The van der Waals surface area contributed by atoms with Gasteiger partial charge in [-0.25, -0.2) is 8.42 Å². The smallest absolute Gasteiger partial charge is 0.251 e. The number of carbonyl (C=O) groups is 2. The first-order valence-corrected chi connectivity index (χ1v) is 9.86. The molecule has 2 fully saturated rings. The number of rotatable bonds is 5. The van der Waals surface area contributed by atoms with Crippen molar-refractivity contribution in [2.45, 2.75) is 11.0 Å². The number of hydrogen-bond donors (Lipinski definition) is 4. The Kier molecular flexibility index (Phi) is 7.18. The van der Waals surface area contributed by atoms with E-state index < -0.39 is 22.0 Å². The summed E-state index contributed by atoms with van der Waals surface area (Å²) in [6.45, 7) is 1.64. The topological polar surface area (TPSA) is 128 Å². The second kappa shape index (κ2) is 8.98. The summed E-state index contributed by atoms with van der Waals surface area (Å²) in [5.74, 6) is -0.826. The minimum atomic E-state index is -3.85. The van der Waals surface area contributed by atoms with Crippen LogP contribution in [0.3, 0.4) is 0 Å². The van der Waals surface area contributed by atoms with Crippen LogP contribution in [0.2, 0.25) is 0 Å². The van der Waals surface area contributed by atoms with E-state index in [0.29, 0.717) is 19.6 Å². The monoisotopic (exact) mass is 418 g/mol. The molecule has 1 aromatic rings. The lowest BCUT2D eigenvalue weighted by atomic mass is 10.1. The van der Waals surface area contributed by atoms with E-state index in [4.69, 9.17) is 0 Å². The van der Waals surface area contributed by atoms with Gasteiger partial charge < -0.3 is 21.1 Å². The Bertz CT molecular complexity index is 804. The fourth-order valence-electron chi connectivity index (χ4n) is 3.02. The molecule has 3 rings (SSSR count). The number of carbonyl (C=O) groups excluding carboxylic acids is 2. The predicted molar refractivity (Wildman–Crippen MR) is 100 cm³/mol. The Balaban J connectivity index is 0.00000261. The number of hydrogen-bond acceptors (Lipinski definition) is 6. The van der Waals surface area contributed by atoms with Crippen molar-refractivity contribution in [1.29, 1.82) is 0 Å². The summed E-state index contributed by atoms with van der Waals surface area (Å²) in [7, 11) is -3.85. The van der Waals surface area contributed by atoms with E-state index >= 15 is 0 Å². The third-order valence-electron chi connectivity index (χ3n) is 4.57. The van der Waals surface area contributed by atoms with Gasteiger partial charge in [-0.1, -0.05) is 6.07 Å². The number of amides is 2. The summed E-state index contributed by atoms with van der Waals surface area (Å²) < 4.78 is 26.5. The number of piperazine rings is 1. The summed E-state index contributed by atoms with van der Waals surface area (Å²) in [6.07, 6.45) is -0.507. The number of aliphatic hydroxyl groups excluding tert-OH is 1. The summed E-state index contributed by atoms with van der Waals surface area (Å²) >= 11 is 0. The zero-order chi connectivity index (χ0) is 18.7. The van der Waals surface area contributed by atoms with Gasteiger partial charge in [-0.3, -0.25) is 9.59 Å². The maximum atomic E-state index is 12.7. The Hall–Kier alpha value is -1.72. The Morgan fingerprint density at radius 2 is 2.11 bits per heavy atom. The van der Waals surface area contributed by atoms with E-state index in [1.54, 1.807) is 0 Å². The lowest BCUT2D eigenvalue weighted by molar-refractivity contribution is -0.122. The van der Waals surface area contributed by atoms with E-state index in [1.165, 1.54) is 24.3 Å². The number of halogens is 1. The number of nitrogens with one attached hydrogen (secondary N) is 3. The fraction of sp³-hybridized carbons (Fsp3) is 0.500. The van der Waals surface area contributed by atoms with Crippen molar-refractivity contribution in [3.8, 4) is 0 Å². The average molecular weight is 419 g/mol. The van der Waals surface area contributed by atoms with Crippen LogP contribution in [-0.4, -0.2) is 75.0 Å². The van der Waals surface area contributed by atoms with E-state index in [9.17, 15) is 23.1 Å². The van der Waals surface area contributed by atoms with Gasteiger partial charge in [-0.2, -0.15) is 4.31 Å². The number of benzene rings is 1. The van der Waals surface area contributed by atoms with Gasteiger partial charge in [0.25, 0.3) is 5.91 Å². The van der Waals surface area contributed by atoms with Gasteiger partial charge >= 0.3 is 0 Å². The van der Waals surface area contributed by atoms with Crippen molar-refractivity contribution >= 4 is 34.2 Å². The molecule has 9 nitrogen and oxygen atoms in total. The number of nitrogens with zero attached hydrogens (tertiary/aromatic N) is 1. The van der Waals surface area contributed by atoms with Crippen LogP contribution in [0.25, 0.3) is 0 Å². The summed E-state index contributed by atoms with van der Waals surface area (Å²) in [6, 6.07) is 5.74. The Labute approximate surface area is 164 Å². The Morgan fingerprint density at radius 1 is 1.33 bits per heavy atom. The molecular weight excluding hydrogens is 396 g/mol. The van der Waals surface area contributed by atoms with Crippen LogP contribution in [0, 0.1) is 5.92 Å². The first kappa shape index (κ1) is 21.6. The number of sulfonamides is 1. The summed E-state index contributed by atoms with van der Waals surface area (Å²) in [4.78, 5) is 23.8. The van der Waals surface area contributed by atoms with Gasteiger partial charge in [0.15, 0.2) is 0 Å². The third-order valence-corrected chi connectivity index (χ3v) is 6.41. The van der Waals surface area contributed by atoms with Crippen LogP contribution in [0.4, 0.5) is 0 Å². The zero-order valence-corrected chi connectivity index (χ0v) is 16.2. The van der Waals surface area contributed by atoms with Gasteiger partial charge in [-0.15, -0.1) is 12.4 Å². The van der Waals surface area contributed by atoms with Crippen molar-refractivity contribution in [3.63, 3.8) is 0 Å². The molecule has 2 aliphatic heterocycles. The highest BCUT2D eigenvalue weighted by atomic mass is 35.5. The van der Waals surface area contributed by atoms with E-state index in [-0.39, 0.29) is 54.3 Å². The second-order valence-electron chi connectivity index (χ2n) is 6.41. The van der Waals surface area contributed by atoms with Crippen molar-refractivity contribution in [2.24, 2.45) is 5.92 Å². The molecule has 0 radical (unpaired) electrons. The molecule has 2 heterocycles. The summed E-state index contributed by atoms with van der Waals surface area (Å²) in [5, 5.41) is 18.1. The quantitative estimate of drug-likeness (QED) is 0.462. The zero-order valence-electron chi connectivity index (χ0n) is 14.6. The van der Waals surface area contributed by atoms with Crippen molar-refractivity contribution < 1.29 is 23.1 Å². The minimum absolute atomic E-state index is 0. The van der Waals surface area contributed by atoms with Gasteiger partial charge in [0.1, 0.15) is 0 Å². The lowest BCUT2D eigenvalue weighted by Gasteiger charge is -2.26. The predicted octanol–water partition coefficient (Wildman–Crippen LogP) is -1.46. The van der Waals surface area contributed by atoms with Crippen LogP contribution in [-0.2, 0) is 14.8 Å². The van der Waals surface area contributed by atoms with E-state index in [1.807, 2.05) is 0 Å². The van der Waals surface area contributed by atoms with Crippen LogP contribution < -0.4 is 16.0 Å². The van der Waals surface area contributed by atoms with Gasteiger partial charge in [-0.05, 0) is 18.2 Å². The SMILES string of the molecule is Cl.O=C1CN(S(=O)(=O)c2cccc(C(=O)NCC3CNCC3O)c2)CCN1. The van der Waals surface area contributed by atoms with E-state index in [2.05, 4.69) is 16.0 Å². The molecule has 0 bridgehead atoms. The molecule has 4 N–H and O–H groups in total. The van der Waals surface area contributed by atoms with Crippen LogP contribution in [0.15, 0.2) is 29.2 Å². The normalized spacial score (nSPS) is 23.4. The van der Waals surface area contributed by atoms with Gasteiger partial charge in [0, 0.05) is 44.2 Å². The average Bonchev–Trinajstić information content (AvgIpc) is 3.04. The van der Waals surface area contributed by atoms with Crippen molar-refractivity contribution in [3.05, 3.63) is 29.8 Å². The molecule has 2 atom stereocenters. The highest BCUT2D eigenvalue weighted by Crippen LogP contribution is 2.18. The molecule has 2 aliphatic rings. The molecule has 0 aromatic heterocycles. The van der Waals surface area contributed by atoms with Crippen molar-refractivity contribution in [1.82, 2.24) is 20.3 Å². The van der Waals surface area contributed by atoms with Crippen LogP contribution in [0.5, 0.6) is 0 Å². The molecular formula is C16H23ClN4O5S. The van der Waals surface area contributed by atoms with E-state index in [0.717, 1.165) is 4.31 Å². The maximum absolute atomic E-state index is 12.7. The molecule has 150 valence electrons. The molecule has 27 heavy (non-hydrogen) atoms. The molecule has 0 aliphatic carbocycles. The molecule has 2 saturated heterocycles. The first-order valence-electron chi connectivity index (χ1n) is 8.42. The lowest BCUT2D eigenvalue weighted by Crippen LogP contribution is -2.49. The van der Waals surface area contributed by atoms with Crippen LogP contribution >= 0.6 is 12.4 Å². The second-order valence-corrected chi connectivity index (χ2v) is 8.35. The summed E-state index contributed by atoms with van der Waals surface area (Å²) in [5.41, 5.74) is 0.216. The number of aliphatic hydroxyl groups is 1. The molecule has 2 unspecified atom stereocenters. The molecule has 1 aromatic carbocycles. The maximum Gasteiger partial charge on any atom is 0.251 e. The third kappa shape index (κ3) is 4.96. The van der Waals surface area contributed by atoms with Gasteiger partial charge in [0.05, 0.1) is 17.5 Å². The molecule has 0 saturated carbocycles. The highest BCUT2D eigenvalue weighted by molar-refractivity contribution is 7.89. The van der Waals surface area contributed by atoms with Crippen LogP contribution in [0.1, 0.15) is 10.4 Å².